The van der Waals surface area contributed by atoms with Crippen molar-refractivity contribution < 1.29 is 15.0 Å². The minimum atomic E-state index is -0.942. The second-order valence-corrected chi connectivity index (χ2v) is 3.36. The normalized spacial score (nSPS) is 10.7. The van der Waals surface area contributed by atoms with E-state index in [1.165, 1.54) is 6.20 Å². The summed E-state index contributed by atoms with van der Waals surface area (Å²) in [6.07, 6.45) is 2.02. The van der Waals surface area contributed by atoms with Crippen LogP contribution in [-0.2, 0) is 6.42 Å². The van der Waals surface area contributed by atoms with Gasteiger partial charge in [-0.15, -0.1) is 0 Å². The molecule has 4 nitrogen and oxygen atoms in total. The van der Waals surface area contributed by atoms with Crippen molar-refractivity contribution >= 4 is 16.9 Å². The zero-order valence-corrected chi connectivity index (χ0v) is 8.03. The summed E-state index contributed by atoms with van der Waals surface area (Å²) < 4.78 is 0. The van der Waals surface area contributed by atoms with Crippen molar-refractivity contribution in [2.45, 2.75) is 6.42 Å². The molecule has 0 aliphatic heterocycles. The van der Waals surface area contributed by atoms with Crippen LogP contribution in [-0.4, -0.2) is 27.8 Å². The molecule has 0 saturated heterocycles. The van der Waals surface area contributed by atoms with Gasteiger partial charge in [-0.1, -0.05) is 6.07 Å². The monoisotopic (exact) mass is 205 g/mol. The number of aromatic nitrogens is 1. The summed E-state index contributed by atoms with van der Waals surface area (Å²) in [5.41, 5.74) is 2.01. The number of carboxylic acid groups (broad SMARTS) is 1. The number of benzene rings is 1. The number of aromatic amines is 1. The second-order valence-electron chi connectivity index (χ2n) is 3.36. The molecule has 0 amide bonds. The van der Waals surface area contributed by atoms with E-state index in [1.807, 2.05) is 12.1 Å². The van der Waals surface area contributed by atoms with Crippen molar-refractivity contribution in [3.05, 3.63) is 35.5 Å². The van der Waals surface area contributed by atoms with Crippen molar-refractivity contribution in [3.63, 3.8) is 0 Å². The Morgan fingerprint density at radius 1 is 1.40 bits per heavy atom. The van der Waals surface area contributed by atoms with Crippen molar-refractivity contribution in [1.29, 1.82) is 0 Å². The number of aliphatic hydroxyl groups is 1. The van der Waals surface area contributed by atoms with Crippen LogP contribution in [0.4, 0.5) is 0 Å². The fourth-order valence-corrected chi connectivity index (χ4v) is 1.63. The molecule has 3 N–H and O–H groups in total. The Labute approximate surface area is 86.2 Å². The smallest absolute Gasteiger partial charge is 0.337 e. The molecule has 1 aromatic heterocycles. The number of carboxylic acids is 1. The molecule has 2 rings (SSSR count). The van der Waals surface area contributed by atoms with Gasteiger partial charge >= 0.3 is 5.97 Å². The summed E-state index contributed by atoms with van der Waals surface area (Å²) in [5, 5.41) is 18.4. The van der Waals surface area contributed by atoms with Gasteiger partial charge in [-0.2, -0.15) is 0 Å². The predicted molar refractivity (Wildman–Crippen MR) is 56.0 cm³/mol. The van der Waals surface area contributed by atoms with E-state index in [9.17, 15) is 4.79 Å². The number of nitrogens with one attached hydrogen (secondary N) is 1. The molecule has 4 heteroatoms. The van der Waals surface area contributed by atoms with E-state index in [4.69, 9.17) is 10.2 Å². The number of aliphatic hydroxyl groups excluding tert-OH is 1. The lowest BCUT2D eigenvalue weighted by atomic mass is 10.1. The fourth-order valence-electron chi connectivity index (χ4n) is 1.63. The van der Waals surface area contributed by atoms with E-state index in [0.717, 1.165) is 11.1 Å². The summed E-state index contributed by atoms with van der Waals surface area (Å²) in [6, 6.07) is 5.50. The average molecular weight is 205 g/mol. The Morgan fingerprint density at radius 3 is 2.87 bits per heavy atom. The van der Waals surface area contributed by atoms with Gasteiger partial charge in [0.15, 0.2) is 0 Å². The molecule has 78 valence electrons. The van der Waals surface area contributed by atoms with Gasteiger partial charge in [-0.3, -0.25) is 0 Å². The van der Waals surface area contributed by atoms with Crippen LogP contribution in [0.1, 0.15) is 15.9 Å². The third-order valence-electron chi connectivity index (χ3n) is 2.38. The predicted octanol–water partition coefficient (Wildman–Crippen LogP) is 1.40. The molecule has 1 heterocycles. The van der Waals surface area contributed by atoms with Gasteiger partial charge in [-0.25, -0.2) is 4.79 Å². The number of aromatic carboxylic acids is 1. The molecule has 15 heavy (non-hydrogen) atoms. The summed E-state index contributed by atoms with van der Waals surface area (Å²) in [6.45, 7) is 0.0678. The van der Waals surface area contributed by atoms with Crippen LogP contribution in [0.2, 0.25) is 0 Å². The zero-order valence-electron chi connectivity index (χ0n) is 8.03. The number of carbonyl (C=O) groups is 1. The van der Waals surface area contributed by atoms with E-state index in [0.29, 0.717) is 11.8 Å². The fraction of sp³-hybridized carbons (Fsp3) is 0.182. The second kappa shape index (κ2) is 3.74. The number of fused-ring (bicyclic) bond motifs is 1. The maximum absolute atomic E-state index is 10.9. The van der Waals surface area contributed by atoms with Crippen LogP contribution in [0.15, 0.2) is 24.4 Å². The zero-order chi connectivity index (χ0) is 10.8. The van der Waals surface area contributed by atoms with Crippen molar-refractivity contribution in [1.82, 2.24) is 4.98 Å². The first kappa shape index (κ1) is 9.73. The standard InChI is InChI=1S/C11H11NO3/c13-4-3-7-1-2-10-8(5-7)9(6-12-10)11(14)15/h1-2,5-6,12-13H,3-4H2,(H,14,15). The van der Waals surface area contributed by atoms with Crippen molar-refractivity contribution in [2.24, 2.45) is 0 Å². The van der Waals surface area contributed by atoms with Gasteiger partial charge < -0.3 is 15.2 Å². The van der Waals surface area contributed by atoms with Crippen LogP contribution < -0.4 is 0 Å². The molecule has 0 atom stereocenters. The molecule has 0 saturated carbocycles. The van der Waals surface area contributed by atoms with E-state index >= 15 is 0 Å². The Kier molecular flexibility index (Phi) is 2.43. The Balaban J connectivity index is 2.56. The lowest BCUT2D eigenvalue weighted by Gasteiger charge is -1.99. The van der Waals surface area contributed by atoms with Crippen molar-refractivity contribution in [2.75, 3.05) is 6.61 Å². The van der Waals surface area contributed by atoms with E-state index in [-0.39, 0.29) is 12.2 Å². The van der Waals surface area contributed by atoms with Gasteiger partial charge in [0.05, 0.1) is 5.56 Å². The van der Waals surface area contributed by atoms with Gasteiger partial charge in [0.2, 0.25) is 0 Å². The molecule has 0 radical (unpaired) electrons. The molecule has 0 spiro atoms. The molecule has 0 aliphatic carbocycles. The average Bonchev–Trinajstić information content (AvgIpc) is 2.61. The Morgan fingerprint density at radius 2 is 2.20 bits per heavy atom. The first-order valence-corrected chi connectivity index (χ1v) is 4.66. The first-order valence-electron chi connectivity index (χ1n) is 4.66. The van der Waals surface area contributed by atoms with Crippen LogP contribution in [0.25, 0.3) is 10.9 Å². The van der Waals surface area contributed by atoms with Gasteiger partial charge in [0.1, 0.15) is 0 Å². The highest BCUT2D eigenvalue weighted by molar-refractivity contribution is 6.03. The highest BCUT2D eigenvalue weighted by Gasteiger charge is 2.10. The summed E-state index contributed by atoms with van der Waals surface area (Å²) in [5.74, 6) is -0.942. The Bertz CT molecular complexity index is 502. The molecule has 1 aromatic carbocycles. The van der Waals surface area contributed by atoms with Crippen molar-refractivity contribution in [3.8, 4) is 0 Å². The van der Waals surface area contributed by atoms with E-state index in [2.05, 4.69) is 4.98 Å². The Hall–Kier alpha value is -1.81. The third-order valence-corrected chi connectivity index (χ3v) is 2.38. The number of H-pyrrole nitrogens is 1. The van der Waals surface area contributed by atoms with Crippen LogP contribution in [0.5, 0.6) is 0 Å². The molecular formula is C11H11NO3. The number of rotatable bonds is 3. The molecule has 2 aromatic rings. The molecular weight excluding hydrogens is 194 g/mol. The summed E-state index contributed by atoms with van der Waals surface area (Å²) in [4.78, 5) is 13.8. The molecule has 0 unspecified atom stereocenters. The van der Waals surface area contributed by atoms with E-state index in [1.54, 1.807) is 6.07 Å². The van der Waals surface area contributed by atoms with Crippen LogP contribution >= 0.6 is 0 Å². The molecule has 0 aliphatic rings. The quantitative estimate of drug-likeness (QED) is 0.709. The lowest BCUT2D eigenvalue weighted by molar-refractivity contribution is 0.0699. The maximum atomic E-state index is 10.9. The highest BCUT2D eigenvalue weighted by Crippen LogP contribution is 2.20. The minimum Gasteiger partial charge on any atom is -0.478 e. The summed E-state index contributed by atoms with van der Waals surface area (Å²) in [7, 11) is 0. The summed E-state index contributed by atoms with van der Waals surface area (Å²) >= 11 is 0. The molecule has 0 fully saturated rings. The van der Waals surface area contributed by atoms with Crippen LogP contribution in [0.3, 0.4) is 0 Å². The van der Waals surface area contributed by atoms with Gasteiger partial charge in [0.25, 0.3) is 0 Å². The minimum absolute atomic E-state index is 0.0678. The first-order chi connectivity index (χ1) is 7.22. The van der Waals surface area contributed by atoms with Gasteiger partial charge in [0, 0.05) is 23.7 Å². The topological polar surface area (TPSA) is 73.3 Å². The number of hydrogen-bond acceptors (Lipinski definition) is 2. The maximum Gasteiger partial charge on any atom is 0.337 e. The number of hydrogen-bond donors (Lipinski definition) is 3. The SMILES string of the molecule is O=C(O)c1c[nH]c2ccc(CCO)cc12. The van der Waals surface area contributed by atoms with Gasteiger partial charge in [-0.05, 0) is 24.1 Å². The lowest BCUT2D eigenvalue weighted by Crippen LogP contribution is -1.95. The van der Waals surface area contributed by atoms with Crippen LogP contribution in [0, 0.1) is 0 Å². The highest BCUT2D eigenvalue weighted by atomic mass is 16.4. The largest absolute Gasteiger partial charge is 0.478 e. The third kappa shape index (κ3) is 1.71. The molecule has 0 bridgehead atoms. The van der Waals surface area contributed by atoms with E-state index < -0.39 is 5.97 Å².